The van der Waals surface area contributed by atoms with E-state index in [1.54, 1.807) is 24.2 Å². The monoisotopic (exact) mass is 574 g/mol. The van der Waals surface area contributed by atoms with Gasteiger partial charge < -0.3 is 24.4 Å². The number of nitrogens with zero attached hydrogens (tertiary/aromatic N) is 4. The number of carbonyl (C=O) groups is 1. The van der Waals surface area contributed by atoms with Crippen LogP contribution in [0.5, 0.6) is 11.5 Å². The Labute approximate surface area is 240 Å². The predicted molar refractivity (Wildman–Crippen MR) is 149 cm³/mol. The van der Waals surface area contributed by atoms with Gasteiger partial charge in [0.25, 0.3) is 5.91 Å². The number of aromatic hydroxyl groups is 1. The van der Waals surface area contributed by atoms with E-state index in [1.807, 2.05) is 17.8 Å². The van der Waals surface area contributed by atoms with Gasteiger partial charge in [0.2, 0.25) is 0 Å². The Morgan fingerprint density at radius 3 is 2.74 bits per heavy atom. The summed E-state index contributed by atoms with van der Waals surface area (Å²) in [5.74, 6) is 2.07. The molecule has 1 aromatic heterocycles. The maximum atomic E-state index is 14.1. The molecule has 4 bridgehead atoms. The highest BCUT2D eigenvalue weighted by Gasteiger charge is 2.78. The molecular weight excluding hydrogens is 539 g/mol. The molecule has 0 radical (unpaired) electrons. The summed E-state index contributed by atoms with van der Waals surface area (Å²) in [5, 5.41) is 23.3. The van der Waals surface area contributed by atoms with Crippen LogP contribution in [0.4, 0.5) is 0 Å². The number of halogens is 2. The van der Waals surface area contributed by atoms with Crippen molar-refractivity contribution in [2.45, 2.75) is 68.2 Å². The largest absolute Gasteiger partial charge is 0.504 e. The van der Waals surface area contributed by atoms with Crippen LogP contribution in [0.2, 0.25) is 0 Å². The number of aliphatic hydroxyl groups is 1. The van der Waals surface area contributed by atoms with E-state index in [-0.39, 0.29) is 47.9 Å². The molecule has 2 N–H and O–H groups in total. The first-order chi connectivity index (χ1) is 17.8. The van der Waals surface area contributed by atoms with E-state index in [4.69, 9.17) is 4.74 Å². The van der Waals surface area contributed by atoms with Crippen molar-refractivity contribution >= 4 is 30.7 Å². The SMILES string of the molecule is CN(Cc1nccn1C)C(=O)C1=C[C@@]23CC[C@]1(O)[C@@H]1Oc4c(O)ccc5c4[C@@]12CCN(CC1CC1)[C@@H]3C5.Cl.Cl. The highest BCUT2D eigenvalue weighted by Crippen LogP contribution is 2.74. The number of hydrogen-bond acceptors (Lipinski definition) is 6. The number of carbonyl (C=O) groups excluding carboxylic acids is 1. The molecule has 5 atom stereocenters. The van der Waals surface area contributed by atoms with Crippen molar-refractivity contribution in [1.82, 2.24) is 19.4 Å². The van der Waals surface area contributed by atoms with Crippen LogP contribution in [0.15, 0.2) is 36.2 Å². The number of hydrogen-bond donors (Lipinski definition) is 2. The number of likely N-dealkylation sites (tertiary alicyclic amines) is 1. The third kappa shape index (κ3) is 3.20. The number of aromatic nitrogens is 2. The first kappa shape index (κ1) is 26.9. The number of piperidine rings is 1. The van der Waals surface area contributed by atoms with Crippen molar-refractivity contribution in [2.75, 3.05) is 20.1 Å². The number of phenols is 1. The summed E-state index contributed by atoms with van der Waals surface area (Å²) in [6.45, 7) is 2.43. The number of rotatable bonds is 5. The molecule has 8 nitrogen and oxygen atoms in total. The summed E-state index contributed by atoms with van der Waals surface area (Å²) >= 11 is 0. The van der Waals surface area contributed by atoms with Crippen LogP contribution in [0.25, 0.3) is 0 Å². The number of amides is 1. The Balaban J connectivity index is 0.00000138. The van der Waals surface area contributed by atoms with Gasteiger partial charge in [0.15, 0.2) is 11.5 Å². The van der Waals surface area contributed by atoms with Crippen molar-refractivity contribution in [3.05, 3.63) is 53.1 Å². The molecule has 5 aliphatic carbocycles. The summed E-state index contributed by atoms with van der Waals surface area (Å²) in [6.07, 6.45) is 10.9. The lowest BCUT2D eigenvalue weighted by atomic mass is 9.38. The van der Waals surface area contributed by atoms with Gasteiger partial charge in [-0.25, -0.2) is 4.98 Å². The van der Waals surface area contributed by atoms with Crippen LogP contribution < -0.4 is 4.74 Å². The highest BCUT2D eigenvalue weighted by molar-refractivity contribution is 5.97. The second-order valence-electron chi connectivity index (χ2n) is 12.5. The number of fused-ring (bicyclic) bond motifs is 1. The Morgan fingerprint density at radius 1 is 1.23 bits per heavy atom. The first-order valence-corrected chi connectivity index (χ1v) is 13.7. The second kappa shape index (κ2) is 8.62. The molecule has 9 rings (SSSR count). The molecule has 3 fully saturated rings. The van der Waals surface area contributed by atoms with Gasteiger partial charge in [0.05, 0.1) is 12.0 Å². The zero-order valence-electron chi connectivity index (χ0n) is 22.3. The molecule has 1 saturated heterocycles. The van der Waals surface area contributed by atoms with E-state index < -0.39 is 17.1 Å². The maximum Gasteiger partial charge on any atom is 0.252 e. The summed E-state index contributed by atoms with van der Waals surface area (Å²) in [4.78, 5) is 22.8. The topological polar surface area (TPSA) is 91.1 Å². The van der Waals surface area contributed by atoms with Crippen molar-refractivity contribution in [3.8, 4) is 11.5 Å². The smallest absolute Gasteiger partial charge is 0.252 e. The van der Waals surface area contributed by atoms with Gasteiger partial charge in [-0.3, -0.25) is 9.69 Å². The Kier molecular flexibility index (Phi) is 5.95. The fourth-order valence-electron chi connectivity index (χ4n) is 8.84. The van der Waals surface area contributed by atoms with Crippen LogP contribution in [0.3, 0.4) is 0 Å². The lowest BCUT2D eigenvalue weighted by Gasteiger charge is -2.70. The summed E-state index contributed by atoms with van der Waals surface area (Å²) < 4.78 is 8.52. The molecular formula is C29H36Cl2N4O4. The standard InChI is InChI=1S/C29H34N4O4.2ClH/c1-31-12-10-30-22(31)16-32(2)25(35)19-14-27-7-8-29(19,36)26-28(27)9-11-33(15-17-3-4-17)21(27)13-18-5-6-20(34)24(37-26)23(18)28;;/h5-6,10,12,14,17,21,26,34,36H,3-4,7-9,11,13,15-16H2,1-2H3;2*1H/t21-,26-,27-,28+,29-;;/m1../s1. The Bertz CT molecular complexity index is 1390. The normalized spacial score (nSPS) is 34.8. The zero-order valence-corrected chi connectivity index (χ0v) is 23.9. The van der Waals surface area contributed by atoms with Gasteiger partial charge >= 0.3 is 0 Å². The number of phenolic OH excluding ortho intramolecular Hbond substituents is 1. The molecule has 1 aromatic carbocycles. The van der Waals surface area contributed by atoms with Gasteiger partial charge in [-0.2, -0.15) is 0 Å². The lowest BCUT2D eigenvalue weighted by molar-refractivity contribution is -0.188. The van der Waals surface area contributed by atoms with Gasteiger partial charge in [-0.15, -0.1) is 24.8 Å². The number of imidazole rings is 1. The summed E-state index contributed by atoms with van der Waals surface area (Å²) in [7, 11) is 3.70. The van der Waals surface area contributed by atoms with Crippen molar-refractivity contribution < 1.29 is 19.7 Å². The van der Waals surface area contributed by atoms with Gasteiger partial charge in [-0.05, 0) is 62.6 Å². The predicted octanol–water partition coefficient (Wildman–Crippen LogP) is 3.12. The zero-order chi connectivity index (χ0) is 25.3. The molecule has 39 heavy (non-hydrogen) atoms. The van der Waals surface area contributed by atoms with Crippen LogP contribution >= 0.6 is 24.8 Å². The van der Waals surface area contributed by atoms with E-state index in [0.29, 0.717) is 24.3 Å². The Morgan fingerprint density at radius 2 is 2.03 bits per heavy atom. The van der Waals surface area contributed by atoms with Gasteiger partial charge in [0, 0.05) is 55.6 Å². The lowest BCUT2D eigenvalue weighted by Crippen LogP contribution is -2.78. The quantitative estimate of drug-likeness (QED) is 0.570. The molecule has 1 amide bonds. The molecule has 0 unspecified atom stereocenters. The molecule has 2 spiro atoms. The van der Waals surface area contributed by atoms with Crippen LogP contribution in [-0.2, 0) is 30.2 Å². The molecule has 3 heterocycles. The van der Waals surface area contributed by atoms with Crippen molar-refractivity contribution in [1.29, 1.82) is 0 Å². The van der Waals surface area contributed by atoms with E-state index in [1.165, 1.54) is 18.4 Å². The molecule has 7 aliphatic rings. The van der Waals surface area contributed by atoms with E-state index in [0.717, 1.165) is 49.7 Å². The molecule has 2 saturated carbocycles. The van der Waals surface area contributed by atoms with Crippen molar-refractivity contribution in [2.24, 2.45) is 18.4 Å². The average molecular weight is 576 g/mol. The first-order valence-electron chi connectivity index (χ1n) is 13.7. The van der Waals surface area contributed by atoms with Crippen LogP contribution in [-0.4, -0.2) is 73.4 Å². The number of benzene rings is 1. The fraction of sp³-hybridized carbons (Fsp3) is 0.586. The minimum atomic E-state index is -1.40. The van der Waals surface area contributed by atoms with Crippen molar-refractivity contribution in [3.63, 3.8) is 0 Å². The number of likely N-dealkylation sites (N-methyl/N-ethyl adjacent to an activating group) is 1. The van der Waals surface area contributed by atoms with Crippen LogP contribution in [0.1, 0.15) is 49.1 Å². The minimum absolute atomic E-state index is 0. The van der Waals surface area contributed by atoms with Gasteiger partial charge in [-0.1, -0.05) is 12.1 Å². The molecule has 2 aliphatic heterocycles. The average Bonchev–Trinajstić information content (AvgIpc) is 3.49. The van der Waals surface area contributed by atoms with Crippen LogP contribution in [0, 0.1) is 11.3 Å². The summed E-state index contributed by atoms with van der Waals surface area (Å²) in [5.41, 5.74) is 0.658. The van der Waals surface area contributed by atoms with E-state index >= 15 is 0 Å². The van der Waals surface area contributed by atoms with E-state index in [2.05, 4.69) is 22.0 Å². The fourth-order valence-corrected chi connectivity index (χ4v) is 8.84. The second-order valence-corrected chi connectivity index (χ2v) is 12.5. The van der Waals surface area contributed by atoms with Gasteiger partial charge in [0.1, 0.15) is 17.5 Å². The number of aryl methyl sites for hydroxylation is 1. The Hall–Kier alpha value is -2.26. The highest BCUT2D eigenvalue weighted by atomic mass is 35.5. The maximum absolute atomic E-state index is 14.1. The molecule has 210 valence electrons. The third-order valence-corrected chi connectivity index (χ3v) is 10.7. The third-order valence-electron chi connectivity index (χ3n) is 10.7. The number of ether oxygens (including phenoxy) is 1. The van der Waals surface area contributed by atoms with E-state index in [9.17, 15) is 15.0 Å². The minimum Gasteiger partial charge on any atom is -0.504 e. The summed E-state index contributed by atoms with van der Waals surface area (Å²) in [6, 6.07) is 4.06. The molecule has 10 heteroatoms. The molecule has 2 aromatic rings.